The number of anilines is 2. The van der Waals surface area contributed by atoms with Gasteiger partial charge in [0, 0.05) is 17.5 Å². The third-order valence-electron chi connectivity index (χ3n) is 3.85. The molecule has 3 aromatic rings. The van der Waals surface area contributed by atoms with Gasteiger partial charge in [-0.05, 0) is 36.4 Å². The first kappa shape index (κ1) is 20.3. The molecule has 0 saturated heterocycles. The average Bonchev–Trinajstić information content (AvgIpc) is 3.18. The highest BCUT2D eigenvalue weighted by Gasteiger charge is 2.26. The van der Waals surface area contributed by atoms with Crippen molar-refractivity contribution in [2.45, 2.75) is 0 Å². The molecule has 0 atom stereocenters. The van der Waals surface area contributed by atoms with Crippen molar-refractivity contribution >= 4 is 57.2 Å². The molecule has 28 heavy (non-hydrogen) atoms. The Kier molecular flexibility index (Phi) is 6.31. The molecule has 1 heterocycles. The van der Waals surface area contributed by atoms with E-state index in [1.165, 1.54) is 19.1 Å². The molecule has 9 heteroatoms. The lowest BCUT2D eigenvalue weighted by molar-refractivity contribution is -0.0760. The van der Waals surface area contributed by atoms with Crippen LogP contribution in [-0.4, -0.2) is 36.0 Å². The quantitative estimate of drug-likeness (QED) is 0.525. The Morgan fingerprint density at radius 3 is 2.36 bits per heavy atom. The average molecular weight is 436 g/mol. The molecule has 6 nitrogen and oxygen atoms in total. The number of amides is 2. The van der Waals surface area contributed by atoms with Gasteiger partial charge in [-0.2, -0.15) is 0 Å². The SMILES string of the molecule is CON(C)C(=O)c1csc(N(C(=O)c2ccccc2Cl)c2ccc(Cl)cc2)n1. The summed E-state index contributed by atoms with van der Waals surface area (Å²) in [6.45, 7) is 0. The van der Waals surface area contributed by atoms with Gasteiger partial charge in [0.25, 0.3) is 11.8 Å². The molecule has 0 bridgehead atoms. The van der Waals surface area contributed by atoms with Gasteiger partial charge in [-0.3, -0.25) is 19.3 Å². The summed E-state index contributed by atoms with van der Waals surface area (Å²) in [4.78, 5) is 36.2. The summed E-state index contributed by atoms with van der Waals surface area (Å²) in [5.74, 6) is -0.799. The lowest BCUT2D eigenvalue weighted by atomic mass is 10.2. The molecular formula is C19H15Cl2N3O3S. The largest absolute Gasteiger partial charge is 0.296 e. The molecular weight excluding hydrogens is 421 g/mol. The van der Waals surface area contributed by atoms with Crippen molar-refractivity contribution in [2.75, 3.05) is 19.1 Å². The predicted molar refractivity (Wildman–Crippen MR) is 111 cm³/mol. The van der Waals surface area contributed by atoms with E-state index in [1.807, 2.05) is 0 Å². The Balaban J connectivity index is 2.06. The van der Waals surface area contributed by atoms with E-state index in [2.05, 4.69) is 4.98 Å². The molecule has 0 aliphatic heterocycles. The standard InChI is InChI=1S/C19H15Cl2N3O3S/c1-23(27-2)18(26)16-11-28-19(22-16)24(13-9-7-12(20)8-10-13)17(25)14-5-3-4-6-15(14)21/h3-11H,1-2H3. The van der Waals surface area contributed by atoms with Crippen LogP contribution in [0.15, 0.2) is 53.9 Å². The number of carbonyl (C=O) groups is 2. The molecule has 2 aromatic carbocycles. The fourth-order valence-corrected chi connectivity index (χ4v) is 3.53. The molecule has 0 fully saturated rings. The van der Waals surface area contributed by atoms with Crippen molar-refractivity contribution in [3.63, 3.8) is 0 Å². The van der Waals surface area contributed by atoms with Crippen molar-refractivity contribution in [2.24, 2.45) is 0 Å². The maximum Gasteiger partial charge on any atom is 0.296 e. The first-order valence-electron chi connectivity index (χ1n) is 8.04. The lowest BCUT2D eigenvalue weighted by Gasteiger charge is -2.21. The van der Waals surface area contributed by atoms with Gasteiger partial charge < -0.3 is 0 Å². The van der Waals surface area contributed by atoms with Crippen molar-refractivity contribution in [3.8, 4) is 0 Å². The summed E-state index contributed by atoms with van der Waals surface area (Å²) in [6, 6.07) is 13.5. The van der Waals surface area contributed by atoms with Gasteiger partial charge in [-0.25, -0.2) is 10.0 Å². The highest BCUT2D eigenvalue weighted by atomic mass is 35.5. The molecule has 0 saturated carbocycles. The molecule has 0 N–H and O–H groups in total. The van der Waals surface area contributed by atoms with Crippen LogP contribution in [0.4, 0.5) is 10.8 Å². The van der Waals surface area contributed by atoms with E-state index in [0.717, 1.165) is 16.4 Å². The Morgan fingerprint density at radius 2 is 1.71 bits per heavy atom. The van der Waals surface area contributed by atoms with Gasteiger partial charge in [0.2, 0.25) is 0 Å². The number of benzene rings is 2. The van der Waals surface area contributed by atoms with Crippen molar-refractivity contribution < 1.29 is 14.4 Å². The number of hydroxylamine groups is 2. The minimum absolute atomic E-state index is 0.162. The van der Waals surface area contributed by atoms with Crippen molar-refractivity contribution in [1.29, 1.82) is 0 Å². The highest BCUT2D eigenvalue weighted by molar-refractivity contribution is 7.14. The van der Waals surface area contributed by atoms with Gasteiger partial charge in [-0.1, -0.05) is 35.3 Å². The number of nitrogens with zero attached hydrogens (tertiary/aromatic N) is 3. The Bertz CT molecular complexity index is 1010. The number of aromatic nitrogens is 1. The van der Waals surface area contributed by atoms with Crippen molar-refractivity contribution in [3.05, 3.63) is 75.2 Å². The van der Waals surface area contributed by atoms with E-state index in [9.17, 15) is 9.59 Å². The van der Waals surface area contributed by atoms with E-state index in [1.54, 1.807) is 53.9 Å². The van der Waals surface area contributed by atoms with Gasteiger partial charge >= 0.3 is 0 Å². The maximum absolute atomic E-state index is 13.3. The second-order valence-corrected chi connectivity index (χ2v) is 7.28. The third-order valence-corrected chi connectivity index (χ3v) is 5.26. The smallest absolute Gasteiger partial charge is 0.274 e. The van der Waals surface area contributed by atoms with Gasteiger partial charge in [-0.15, -0.1) is 11.3 Å². The molecule has 0 aliphatic rings. The van der Waals surface area contributed by atoms with E-state index in [-0.39, 0.29) is 11.6 Å². The Hall–Kier alpha value is -2.45. The van der Waals surface area contributed by atoms with Gasteiger partial charge in [0.15, 0.2) is 5.13 Å². The van der Waals surface area contributed by atoms with Gasteiger partial charge in [0.1, 0.15) is 5.69 Å². The number of thiazole rings is 1. The summed E-state index contributed by atoms with van der Waals surface area (Å²) >= 11 is 13.4. The number of halogens is 2. The summed E-state index contributed by atoms with van der Waals surface area (Å²) in [5.41, 5.74) is 1.02. The number of hydrogen-bond acceptors (Lipinski definition) is 5. The van der Waals surface area contributed by atoms with Crippen LogP contribution in [0.5, 0.6) is 0 Å². The van der Waals surface area contributed by atoms with Crippen molar-refractivity contribution in [1.82, 2.24) is 10.0 Å². The second kappa shape index (κ2) is 8.70. The molecule has 0 unspecified atom stereocenters. The summed E-state index contributed by atoms with van der Waals surface area (Å²) in [5, 5.41) is 3.79. The van der Waals surface area contributed by atoms with E-state index in [0.29, 0.717) is 26.4 Å². The maximum atomic E-state index is 13.3. The number of rotatable bonds is 5. The third kappa shape index (κ3) is 4.18. The van der Waals surface area contributed by atoms with Gasteiger partial charge in [0.05, 0.1) is 23.4 Å². The first-order chi connectivity index (χ1) is 13.4. The van der Waals surface area contributed by atoms with E-state index < -0.39 is 5.91 Å². The molecule has 3 rings (SSSR count). The van der Waals surface area contributed by atoms with Crippen LogP contribution in [0, 0.1) is 0 Å². The summed E-state index contributed by atoms with van der Waals surface area (Å²) < 4.78 is 0. The molecule has 1 aromatic heterocycles. The topological polar surface area (TPSA) is 62.7 Å². The monoisotopic (exact) mass is 435 g/mol. The zero-order valence-corrected chi connectivity index (χ0v) is 17.3. The lowest BCUT2D eigenvalue weighted by Crippen LogP contribution is -2.27. The zero-order chi connectivity index (χ0) is 20.3. The fourth-order valence-electron chi connectivity index (χ4n) is 2.37. The molecule has 144 valence electrons. The normalized spacial score (nSPS) is 10.6. The van der Waals surface area contributed by atoms with E-state index in [4.69, 9.17) is 28.0 Å². The molecule has 0 spiro atoms. The fraction of sp³-hybridized carbons (Fsp3) is 0.105. The molecule has 0 radical (unpaired) electrons. The minimum Gasteiger partial charge on any atom is -0.274 e. The van der Waals surface area contributed by atoms with Crippen LogP contribution in [0.2, 0.25) is 10.0 Å². The van der Waals surface area contributed by atoms with E-state index >= 15 is 0 Å². The second-order valence-electron chi connectivity index (χ2n) is 5.60. The van der Waals surface area contributed by atoms with Crippen LogP contribution in [0.1, 0.15) is 20.8 Å². The Morgan fingerprint density at radius 1 is 1.04 bits per heavy atom. The van der Waals surface area contributed by atoms with Crippen LogP contribution in [0.3, 0.4) is 0 Å². The van der Waals surface area contributed by atoms with Crippen LogP contribution >= 0.6 is 34.5 Å². The highest BCUT2D eigenvalue weighted by Crippen LogP contribution is 2.32. The zero-order valence-electron chi connectivity index (χ0n) is 14.9. The van der Waals surface area contributed by atoms with Crippen LogP contribution in [0.25, 0.3) is 0 Å². The first-order valence-corrected chi connectivity index (χ1v) is 9.68. The summed E-state index contributed by atoms with van der Waals surface area (Å²) in [6.07, 6.45) is 0. The summed E-state index contributed by atoms with van der Waals surface area (Å²) in [7, 11) is 2.86. The van der Waals surface area contributed by atoms with Crippen LogP contribution in [-0.2, 0) is 4.84 Å². The number of carbonyl (C=O) groups excluding carboxylic acids is 2. The predicted octanol–water partition coefficient (Wildman–Crippen LogP) is 5.06. The minimum atomic E-state index is -0.425. The Labute approximate surface area is 175 Å². The number of hydrogen-bond donors (Lipinski definition) is 0. The molecule has 0 aliphatic carbocycles. The molecule has 2 amide bonds. The van der Waals surface area contributed by atoms with Crippen LogP contribution < -0.4 is 4.90 Å².